The summed E-state index contributed by atoms with van der Waals surface area (Å²) in [6, 6.07) is 16.1. The van der Waals surface area contributed by atoms with E-state index in [1.165, 1.54) is 17.7 Å². The Morgan fingerprint density at radius 1 is 1.00 bits per heavy atom. The van der Waals surface area contributed by atoms with Crippen LogP contribution < -0.4 is 5.32 Å². The minimum atomic E-state index is -0.748. The van der Waals surface area contributed by atoms with Crippen LogP contribution in [0.25, 0.3) is 5.57 Å². The van der Waals surface area contributed by atoms with Crippen LogP contribution in [0, 0.1) is 12.8 Å². The summed E-state index contributed by atoms with van der Waals surface area (Å²) in [6.07, 6.45) is 7.09. The number of benzene rings is 2. The van der Waals surface area contributed by atoms with Crippen molar-refractivity contribution in [2.45, 2.75) is 38.3 Å². The molecule has 5 rings (SSSR count). The highest BCUT2D eigenvalue weighted by atomic mass is 16.1. The number of fused-ring (bicyclic) bond motifs is 5. The van der Waals surface area contributed by atoms with E-state index in [-0.39, 0.29) is 11.6 Å². The largest absolute Gasteiger partial charge is 0.370 e. The van der Waals surface area contributed by atoms with E-state index in [0.717, 1.165) is 41.8 Å². The van der Waals surface area contributed by atoms with Crippen LogP contribution in [-0.2, 0) is 15.1 Å². The van der Waals surface area contributed by atoms with E-state index in [9.17, 15) is 9.59 Å². The molecule has 1 aliphatic carbocycles. The van der Waals surface area contributed by atoms with Crippen molar-refractivity contribution in [3.05, 3.63) is 83.6 Å². The molecule has 0 fully saturated rings. The van der Waals surface area contributed by atoms with Crippen molar-refractivity contribution in [3.63, 3.8) is 0 Å². The lowest BCUT2D eigenvalue weighted by Crippen LogP contribution is -2.61. The monoisotopic (exact) mass is 398 g/mol. The molecular formula is C26H26N2O2. The van der Waals surface area contributed by atoms with Gasteiger partial charge in [-0.2, -0.15) is 0 Å². The summed E-state index contributed by atoms with van der Waals surface area (Å²) in [4.78, 5) is 28.6. The number of hydrogen-bond acceptors (Lipinski definition) is 4. The highest BCUT2D eigenvalue weighted by Crippen LogP contribution is 2.56. The summed E-state index contributed by atoms with van der Waals surface area (Å²) in [6.45, 7) is 4.97. The van der Waals surface area contributed by atoms with Gasteiger partial charge in [0.05, 0.1) is 5.92 Å². The average molecular weight is 399 g/mol. The van der Waals surface area contributed by atoms with Crippen LogP contribution in [0.3, 0.4) is 0 Å². The molecule has 4 heteroatoms. The maximum Gasteiger partial charge on any atom is 0.179 e. The second-order valence-corrected chi connectivity index (χ2v) is 8.54. The molecule has 152 valence electrons. The molecule has 0 radical (unpaired) electrons. The highest BCUT2D eigenvalue weighted by molar-refractivity contribution is 6.12. The van der Waals surface area contributed by atoms with E-state index >= 15 is 0 Å². The second-order valence-electron chi connectivity index (χ2n) is 8.54. The van der Waals surface area contributed by atoms with Gasteiger partial charge in [0, 0.05) is 29.6 Å². The molecule has 1 N–H and O–H groups in total. The molecule has 0 saturated heterocycles. The van der Waals surface area contributed by atoms with Crippen LogP contribution in [0.1, 0.15) is 36.5 Å². The quantitative estimate of drug-likeness (QED) is 0.826. The zero-order valence-electron chi connectivity index (χ0n) is 17.4. The number of carbonyl (C=O) groups is 2. The van der Waals surface area contributed by atoms with E-state index in [1.54, 1.807) is 0 Å². The van der Waals surface area contributed by atoms with Gasteiger partial charge in [-0.15, -0.1) is 0 Å². The van der Waals surface area contributed by atoms with Gasteiger partial charge in [-0.05, 0) is 37.1 Å². The Morgan fingerprint density at radius 2 is 1.73 bits per heavy atom. The first-order valence-corrected chi connectivity index (χ1v) is 10.7. The summed E-state index contributed by atoms with van der Waals surface area (Å²) in [5.74, 6) is -0.496. The topological polar surface area (TPSA) is 49.4 Å². The van der Waals surface area contributed by atoms with Crippen molar-refractivity contribution >= 4 is 22.8 Å². The third-order valence-electron chi connectivity index (χ3n) is 6.70. The van der Waals surface area contributed by atoms with E-state index in [2.05, 4.69) is 66.7 Å². The van der Waals surface area contributed by atoms with E-state index in [0.29, 0.717) is 0 Å². The Kier molecular flexibility index (Phi) is 4.39. The zero-order chi connectivity index (χ0) is 20.9. The van der Waals surface area contributed by atoms with Crippen molar-refractivity contribution in [2.24, 2.45) is 5.92 Å². The van der Waals surface area contributed by atoms with E-state index < -0.39 is 17.5 Å². The van der Waals surface area contributed by atoms with Gasteiger partial charge in [0.2, 0.25) is 0 Å². The minimum absolute atomic E-state index is 0.00702. The smallest absolute Gasteiger partial charge is 0.179 e. The van der Waals surface area contributed by atoms with Crippen molar-refractivity contribution in [3.8, 4) is 0 Å². The molecule has 2 heterocycles. The van der Waals surface area contributed by atoms with Crippen LogP contribution in [0.15, 0.2) is 66.9 Å². The van der Waals surface area contributed by atoms with E-state index in [4.69, 9.17) is 0 Å². The number of aryl methyl sites for hydroxylation is 1. The number of carbonyl (C=O) groups excluding carboxylic acids is 2. The summed E-state index contributed by atoms with van der Waals surface area (Å²) < 4.78 is 0. The van der Waals surface area contributed by atoms with Crippen molar-refractivity contribution < 1.29 is 9.59 Å². The molecule has 0 spiro atoms. The summed E-state index contributed by atoms with van der Waals surface area (Å²) in [5.41, 5.74) is 4.64. The van der Waals surface area contributed by atoms with Crippen LogP contribution in [0.4, 0.5) is 5.69 Å². The molecule has 0 saturated carbocycles. The Balaban J connectivity index is 1.78. The number of anilines is 1. The highest BCUT2D eigenvalue weighted by Gasteiger charge is 2.59. The fourth-order valence-electron chi connectivity index (χ4n) is 5.24. The molecule has 0 amide bonds. The minimum Gasteiger partial charge on any atom is -0.370 e. The molecule has 3 atom stereocenters. The third kappa shape index (κ3) is 2.59. The SMILES string of the molecule is CCCCN1C=C2c3ccccc3NC2(c2ccc(C)cc2)[C@@H]2C(=O)C=CC(=O)[C@@H]21. The molecule has 1 unspecified atom stereocenters. The molecule has 0 aromatic heterocycles. The maximum absolute atomic E-state index is 13.4. The Labute approximate surface area is 177 Å². The molecule has 2 aliphatic heterocycles. The fourth-order valence-corrected chi connectivity index (χ4v) is 5.24. The van der Waals surface area contributed by atoms with Crippen LogP contribution in [0.5, 0.6) is 0 Å². The lowest BCUT2D eigenvalue weighted by Gasteiger charge is -2.50. The predicted octanol–water partition coefficient (Wildman–Crippen LogP) is 4.47. The third-order valence-corrected chi connectivity index (χ3v) is 6.70. The number of nitrogens with one attached hydrogen (secondary N) is 1. The summed E-state index contributed by atoms with van der Waals surface area (Å²) in [7, 11) is 0. The average Bonchev–Trinajstić information content (AvgIpc) is 3.09. The fraction of sp³-hybridized carbons (Fsp3) is 0.308. The summed E-state index contributed by atoms with van der Waals surface area (Å²) in [5, 5.41) is 3.71. The molecule has 2 aromatic rings. The standard InChI is InChI=1S/C26H26N2O2/c1-3-4-15-28-16-20-19-7-5-6-8-21(19)27-26(20,18-11-9-17(2)10-12-18)24-22(29)13-14-23(30)25(24)28/h5-14,16,24-25,27H,3-4,15H2,1-2H3/t24-,25+,26?/m1/s1. The van der Waals surface area contributed by atoms with E-state index in [1.807, 2.05) is 12.1 Å². The number of rotatable bonds is 4. The molecule has 4 nitrogen and oxygen atoms in total. The lowest BCUT2D eigenvalue weighted by atomic mass is 9.64. The van der Waals surface area contributed by atoms with Gasteiger partial charge < -0.3 is 10.2 Å². The molecule has 3 aliphatic rings. The summed E-state index contributed by atoms with van der Waals surface area (Å²) >= 11 is 0. The molecule has 30 heavy (non-hydrogen) atoms. The maximum atomic E-state index is 13.4. The van der Waals surface area contributed by atoms with Gasteiger partial charge in [0.25, 0.3) is 0 Å². The molecule has 0 bridgehead atoms. The van der Waals surface area contributed by atoms with Crippen molar-refractivity contribution in [1.29, 1.82) is 0 Å². The first-order valence-electron chi connectivity index (χ1n) is 10.7. The lowest BCUT2D eigenvalue weighted by molar-refractivity contribution is -0.131. The van der Waals surface area contributed by atoms with Crippen LogP contribution in [0.2, 0.25) is 0 Å². The number of nitrogens with zero attached hydrogens (tertiary/aromatic N) is 1. The predicted molar refractivity (Wildman–Crippen MR) is 119 cm³/mol. The number of para-hydroxylation sites is 1. The Hall–Kier alpha value is -3.14. The van der Waals surface area contributed by atoms with Gasteiger partial charge in [-0.3, -0.25) is 9.59 Å². The molecule has 2 aromatic carbocycles. The van der Waals surface area contributed by atoms with Crippen LogP contribution in [-0.4, -0.2) is 29.1 Å². The van der Waals surface area contributed by atoms with Crippen molar-refractivity contribution in [2.75, 3.05) is 11.9 Å². The first-order chi connectivity index (χ1) is 14.6. The van der Waals surface area contributed by atoms with Gasteiger partial charge in [0.1, 0.15) is 11.6 Å². The van der Waals surface area contributed by atoms with Crippen LogP contribution >= 0.6 is 0 Å². The number of hydrogen-bond donors (Lipinski definition) is 1. The normalized spacial score (nSPS) is 26.6. The van der Waals surface area contributed by atoms with Gasteiger partial charge in [0.15, 0.2) is 11.6 Å². The number of allylic oxidation sites excluding steroid dienone is 1. The second kappa shape index (κ2) is 6.98. The van der Waals surface area contributed by atoms with Gasteiger partial charge in [-0.1, -0.05) is 61.4 Å². The first kappa shape index (κ1) is 18.9. The zero-order valence-corrected chi connectivity index (χ0v) is 17.4. The Morgan fingerprint density at radius 3 is 2.50 bits per heavy atom. The van der Waals surface area contributed by atoms with Crippen molar-refractivity contribution in [1.82, 2.24) is 4.90 Å². The number of ketones is 2. The Bertz CT molecular complexity index is 1080. The van der Waals surface area contributed by atoms with Gasteiger partial charge >= 0.3 is 0 Å². The number of unbranched alkanes of at least 4 members (excludes halogenated alkanes) is 1. The molecular weight excluding hydrogens is 372 g/mol. The van der Waals surface area contributed by atoms with Gasteiger partial charge in [-0.25, -0.2) is 0 Å².